The van der Waals surface area contributed by atoms with E-state index < -0.39 is 0 Å². The van der Waals surface area contributed by atoms with Crippen molar-refractivity contribution in [2.45, 2.75) is 39.2 Å². The van der Waals surface area contributed by atoms with Gasteiger partial charge in [0, 0.05) is 19.6 Å². The van der Waals surface area contributed by atoms with E-state index in [1.807, 2.05) is 13.8 Å². The molecule has 2 atom stereocenters. The number of nitrogens with two attached hydrogens (primary N) is 1. The summed E-state index contributed by atoms with van der Waals surface area (Å²) in [5, 5.41) is 13.2. The average molecular weight is 312 g/mol. The fraction of sp³-hybridized carbons (Fsp3) is 0.714. The smallest absolute Gasteiger partial charge is 0.265 e. The van der Waals surface area contributed by atoms with Crippen LogP contribution >= 0.6 is 11.3 Å². The SMILES string of the molecule is CCN(CC)c1nc(N)c(C(=O)NCC2CCC(O)C2)s1. The molecule has 1 aromatic heterocycles. The van der Waals surface area contributed by atoms with Crippen molar-refractivity contribution in [3.05, 3.63) is 4.88 Å². The highest BCUT2D eigenvalue weighted by molar-refractivity contribution is 7.18. The number of hydrogen-bond donors (Lipinski definition) is 3. The number of rotatable bonds is 6. The molecular weight excluding hydrogens is 288 g/mol. The number of anilines is 2. The van der Waals surface area contributed by atoms with Crippen molar-refractivity contribution >= 4 is 28.2 Å². The molecular formula is C14H24N4O2S. The molecule has 0 radical (unpaired) electrons. The summed E-state index contributed by atoms with van der Waals surface area (Å²) in [6, 6.07) is 0. The number of nitrogens with one attached hydrogen (secondary N) is 1. The number of hydrogen-bond acceptors (Lipinski definition) is 6. The van der Waals surface area contributed by atoms with Crippen LogP contribution in [0.25, 0.3) is 0 Å². The van der Waals surface area contributed by atoms with Gasteiger partial charge in [-0.25, -0.2) is 4.98 Å². The summed E-state index contributed by atoms with van der Waals surface area (Å²) in [5.74, 6) is 0.496. The zero-order chi connectivity index (χ0) is 15.4. The summed E-state index contributed by atoms with van der Waals surface area (Å²) in [4.78, 5) is 19.1. The molecule has 21 heavy (non-hydrogen) atoms. The van der Waals surface area contributed by atoms with Crippen LogP contribution in [0.15, 0.2) is 0 Å². The van der Waals surface area contributed by atoms with Crippen LogP contribution in [0, 0.1) is 5.92 Å². The second-order valence-electron chi connectivity index (χ2n) is 5.43. The summed E-state index contributed by atoms with van der Waals surface area (Å²) >= 11 is 1.34. The van der Waals surface area contributed by atoms with Crippen molar-refractivity contribution in [3.8, 4) is 0 Å². The fourth-order valence-electron chi connectivity index (χ4n) is 2.66. The van der Waals surface area contributed by atoms with Crippen LogP contribution < -0.4 is 16.0 Å². The number of aromatic nitrogens is 1. The zero-order valence-corrected chi connectivity index (χ0v) is 13.4. The van der Waals surface area contributed by atoms with Crippen LogP contribution in [-0.4, -0.2) is 41.7 Å². The Hall–Kier alpha value is -1.34. The molecule has 0 aromatic carbocycles. The van der Waals surface area contributed by atoms with E-state index in [9.17, 15) is 9.90 Å². The van der Waals surface area contributed by atoms with E-state index in [4.69, 9.17) is 5.73 Å². The largest absolute Gasteiger partial charge is 0.393 e. The van der Waals surface area contributed by atoms with Crippen LogP contribution in [0.4, 0.5) is 10.9 Å². The number of nitrogen functional groups attached to an aromatic ring is 1. The van der Waals surface area contributed by atoms with Gasteiger partial charge >= 0.3 is 0 Å². The molecule has 1 heterocycles. The van der Waals surface area contributed by atoms with Crippen molar-refractivity contribution in [1.29, 1.82) is 0 Å². The summed E-state index contributed by atoms with van der Waals surface area (Å²) in [5.41, 5.74) is 5.87. The van der Waals surface area contributed by atoms with Gasteiger partial charge in [-0.05, 0) is 39.0 Å². The highest BCUT2D eigenvalue weighted by atomic mass is 32.1. The maximum atomic E-state index is 12.2. The van der Waals surface area contributed by atoms with E-state index in [0.29, 0.717) is 23.2 Å². The number of aliphatic hydroxyl groups is 1. The number of amides is 1. The first kappa shape index (κ1) is 16.0. The van der Waals surface area contributed by atoms with Crippen molar-refractivity contribution in [3.63, 3.8) is 0 Å². The molecule has 0 aliphatic heterocycles. The van der Waals surface area contributed by atoms with E-state index >= 15 is 0 Å². The van der Waals surface area contributed by atoms with Gasteiger partial charge in [-0.15, -0.1) is 0 Å². The number of carbonyl (C=O) groups excluding carboxylic acids is 1. The minimum atomic E-state index is -0.213. The molecule has 1 aromatic rings. The van der Waals surface area contributed by atoms with Crippen LogP contribution in [0.3, 0.4) is 0 Å². The van der Waals surface area contributed by atoms with Gasteiger partial charge in [-0.3, -0.25) is 4.79 Å². The third-order valence-corrected chi connectivity index (χ3v) is 5.08. The summed E-state index contributed by atoms with van der Waals surface area (Å²) in [6.45, 7) is 6.36. The maximum Gasteiger partial charge on any atom is 0.265 e. The van der Waals surface area contributed by atoms with Crippen LogP contribution in [-0.2, 0) is 0 Å². The molecule has 0 saturated heterocycles. The first-order valence-corrected chi connectivity index (χ1v) is 8.34. The van der Waals surface area contributed by atoms with E-state index in [-0.39, 0.29) is 12.0 Å². The Morgan fingerprint density at radius 2 is 2.19 bits per heavy atom. The number of aliphatic hydroxyl groups excluding tert-OH is 1. The quantitative estimate of drug-likeness (QED) is 0.740. The van der Waals surface area contributed by atoms with E-state index in [1.54, 1.807) is 0 Å². The summed E-state index contributed by atoms with van der Waals surface area (Å²) in [6.07, 6.45) is 2.35. The molecule has 0 spiro atoms. The van der Waals surface area contributed by atoms with Gasteiger partial charge in [-0.2, -0.15) is 0 Å². The lowest BCUT2D eigenvalue weighted by molar-refractivity contribution is 0.0950. The minimum Gasteiger partial charge on any atom is -0.393 e. The Bertz CT molecular complexity index is 487. The first-order valence-electron chi connectivity index (χ1n) is 7.52. The molecule has 6 nitrogen and oxygen atoms in total. The topological polar surface area (TPSA) is 91.5 Å². The fourth-order valence-corrected chi connectivity index (χ4v) is 3.69. The Labute approximate surface area is 129 Å². The predicted molar refractivity (Wildman–Crippen MR) is 85.8 cm³/mol. The number of carbonyl (C=O) groups is 1. The molecule has 118 valence electrons. The molecule has 1 aliphatic rings. The lowest BCUT2D eigenvalue weighted by Gasteiger charge is -2.16. The molecule has 1 aliphatic carbocycles. The normalized spacial score (nSPS) is 21.5. The summed E-state index contributed by atoms with van der Waals surface area (Å²) in [7, 11) is 0. The van der Waals surface area contributed by atoms with Gasteiger partial charge in [0.1, 0.15) is 10.7 Å². The zero-order valence-electron chi connectivity index (χ0n) is 12.6. The third-order valence-electron chi connectivity index (χ3n) is 3.95. The Kier molecular flexibility index (Phi) is 5.41. The molecule has 1 amide bonds. The lowest BCUT2D eigenvalue weighted by atomic mass is 10.1. The predicted octanol–water partition coefficient (Wildman–Crippen LogP) is 1.46. The van der Waals surface area contributed by atoms with Crippen molar-refractivity contribution in [2.24, 2.45) is 5.92 Å². The van der Waals surface area contributed by atoms with Crippen LogP contribution in [0.1, 0.15) is 42.8 Å². The van der Waals surface area contributed by atoms with E-state index in [0.717, 1.165) is 37.5 Å². The summed E-state index contributed by atoms with van der Waals surface area (Å²) < 4.78 is 0. The second kappa shape index (κ2) is 7.09. The highest BCUT2D eigenvalue weighted by Gasteiger charge is 2.24. The van der Waals surface area contributed by atoms with E-state index in [2.05, 4.69) is 15.2 Å². The van der Waals surface area contributed by atoms with Gasteiger partial charge in [0.05, 0.1) is 6.10 Å². The van der Waals surface area contributed by atoms with E-state index in [1.165, 1.54) is 11.3 Å². The molecule has 2 rings (SSSR count). The Balaban J connectivity index is 1.95. The first-order chi connectivity index (χ1) is 10.0. The second-order valence-corrected chi connectivity index (χ2v) is 6.40. The van der Waals surface area contributed by atoms with Gasteiger partial charge in [0.25, 0.3) is 5.91 Å². The van der Waals surface area contributed by atoms with Gasteiger partial charge in [0.2, 0.25) is 0 Å². The van der Waals surface area contributed by atoms with Crippen LogP contribution in [0.5, 0.6) is 0 Å². The molecule has 7 heteroatoms. The molecule has 0 bridgehead atoms. The van der Waals surface area contributed by atoms with Crippen LogP contribution in [0.2, 0.25) is 0 Å². The van der Waals surface area contributed by atoms with Gasteiger partial charge in [-0.1, -0.05) is 11.3 Å². The van der Waals surface area contributed by atoms with Crippen molar-refractivity contribution in [2.75, 3.05) is 30.3 Å². The monoisotopic (exact) mass is 312 g/mol. The highest BCUT2D eigenvalue weighted by Crippen LogP contribution is 2.28. The van der Waals surface area contributed by atoms with Gasteiger partial charge in [0.15, 0.2) is 5.13 Å². The van der Waals surface area contributed by atoms with Gasteiger partial charge < -0.3 is 21.1 Å². The standard InChI is InChI=1S/C14H24N4O2S/c1-3-18(4-2)14-17-12(15)11(21-14)13(20)16-8-9-5-6-10(19)7-9/h9-10,19H,3-8,15H2,1-2H3,(H,16,20). The average Bonchev–Trinajstić information content (AvgIpc) is 3.04. The molecule has 2 unspecified atom stereocenters. The van der Waals surface area contributed by atoms with Crippen molar-refractivity contribution in [1.82, 2.24) is 10.3 Å². The maximum absolute atomic E-state index is 12.2. The third kappa shape index (κ3) is 3.85. The van der Waals surface area contributed by atoms with Crippen molar-refractivity contribution < 1.29 is 9.90 Å². The molecule has 4 N–H and O–H groups in total. The lowest BCUT2D eigenvalue weighted by Crippen LogP contribution is -2.28. The number of nitrogens with zero attached hydrogens (tertiary/aromatic N) is 2. The number of thiazole rings is 1. The molecule has 1 fully saturated rings. The Morgan fingerprint density at radius 3 is 2.76 bits per heavy atom. The molecule has 1 saturated carbocycles. The Morgan fingerprint density at radius 1 is 1.48 bits per heavy atom. The minimum absolute atomic E-state index is 0.162.